The van der Waals surface area contributed by atoms with Crippen LogP contribution in [0.15, 0.2) is 29.6 Å². The Morgan fingerprint density at radius 2 is 2.18 bits per heavy atom. The summed E-state index contributed by atoms with van der Waals surface area (Å²) in [7, 11) is 0. The monoisotopic (exact) mass is 319 g/mol. The van der Waals surface area contributed by atoms with Crippen molar-refractivity contribution in [1.29, 1.82) is 0 Å². The van der Waals surface area contributed by atoms with Gasteiger partial charge in [-0.2, -0.15) is 0 Å². The van der Waals surface area contributed by atoms with Gasteiger partial charge in [0.15, 0.2) is 5.13 Å². The van der Waals surface area contributed by atoms with E-state index in [1.54, 1.807) is 23.6 Å². The lowest BCUT2D eigenvalue weighted by Gasteiger charge is -2.02. The molecular weight excluding hydrogens is 305 g/mol. The second-order valence-electron chi connectivity index (χ2n) is 5.25. The highest BCUT2D eigenvalue weighted by molar-refractivity contribution is 7.13. The third-order valence-electron chi connectivity index (χ3n) is 3.57. The number of nitrogens with zero attached hydrogens (tertiary/aromatic N) is 1. The second-order valence-corrected chi connectivity index (χ2v) is 6.10. The van der Waals surface area contributed by atoms with E-state index in [0.29, 0.717) is 22.8 Å². The van der Waals surface area contributed by atoms with E-state index in [9.17, 15) is 14.0 Å². The SMILES string of the molecule is NC(=O)Cc1csc(NC(=O)C2CC2c2ccccc2F)n1. The van der Waals surface area contributed by atoms with Crippen molar-refractivity contribution >= 4 is 28.3 Å². The highest BCUT2D eigenvalue weighted by Gasteiger charge is 2.45. The lowest BCUT2D eigenvalue weighted by molar-refractivity contribution is -0.118. The number of anilines is 1. The number of hydrogen-bond acceptors (Lipinski definition) is 4. The minimum atomic E-state index is -0.468. The van der Waals surface area contributed by atoms with Crippen LogP contribution in [0.3, 0.4) is 0 Å². The van der Waals surface area contributed by atoms with Crippen molar-refractivity contribution in [1.82, 2.24) is 4.98 Å². The van der Waals surface area contributed by atoms with E-state index in [1.165, 1.54) is 17.4 Å². The standard InChI is InChI=1S/C15H14FN3O2S/c16-12-4-2-1-3-9(12)10-6-11(10)14(21)19-15-18-8(7-22-15)5-13(17)20/h1-4,7,10-11H,5-6H2,(H2,17,20)(H,18,19,21). The van der Waals surface area contributed by atoms with E-state index in [1.807, 2.05) is 0 Å². The minimum Gasteiger partial charge on any atom is -0.369 e. The average Bonchev–Trinajstić information content (AvgIpc) is 3.14. The first-order chi connectivity index (χ1) is 10.5. The number of halogens is 1. The molecule has 1 fully saturated rings. The summed E-state index contributed by atoms with van der Waals surface area (Å²) in [6.07, 6.45) is 0.680. The van der Waals surface area contributed by atoms with Gasteiger partial charge in [0.1, 0.15) is 5.82 Å². The predicted octanol–water partition coefficient (Wildman–Crippen LogP) is 2.05. The molecule has 5 nitrogen and oxygen atoms in total. The average molecular weight is 319 g/mol. The molecule has 0 saturated heterocycles. The Morgan fingerprint density at radius 1 is 1.41 bits per heavy atom. The molecule has 0 bridgehead atoms. The Morgan fingerprint density at radius 3 is 2.91 bits per heavy atom. The first-order valence-electron chi connectivity index (χ1n) is 6.82. The fourth-order valence-corrected chi connectivity index (χ4v) is 3.14. The van der Waals surface area contributed by atoms with Gasteiger partial charge in [-0.15, -0.1) is 11.3 Å². The molecule has 1 aliphatic rings. The molecule has 114 valence electrons. The number of nitrogens with one attached hydrogen (secondary N) is 1. The van der Waals surface area contributed by atoms with Crippen molar-refractivity contribution in [3.8, 4) is 0 Å². The van der Waals surface area contributed by atoms with Crippen LogP contribution in [0.4, 0.5) is 9.52 Å². The lowest BCUT2D eigenvalue weighted by atomic mass is 10.1. The number of primary amides is 1. The van der Waals surface area contributed by atoms with Crippen LogP contribution in [0.5, 0.6) is 0 Å². The summed E-state index contributed by atoms with van der Waals surface area (Å²) < 4.78 is 13.7. The molecule has 2 amide bonds. The molecule has 1 aromatic heterocycles. The quantitative estimate of drug-likeness (QED) is 0.884. The molecule has 0 spiro atoms. The molecule has 2 atom stereocenters. The van der Waals surface area contributed by atoms with Gasteiger partial charge in [-0.25, -0.2) is 9.37 Å². The topological polar surface area (TPSA) is 85.1 Å². The van der Waals surface area contributed by atoms with E-state index in [-0.39, 0.29) is 30.0 Å². The van der Waals surface area contributed by atoms with Gasteiger partial charge in [-0.3, -0.25) is 9.59 Å². The molecule has 3 rings (SSSR count). The summed E-state index contributed by atoms with van der Waals surface area (Å²) in [5.74, 6) is -1.23. The highest BCUT2D eigenvalue weighted by Crippen LogP contribution is 2.48. The Labute approximate surface area is 130 Å². The molecule has 3 N–H and O–H groups in total. The van der Waals surface area contributed by atoms with Crippen molar-refractivity contribution in [2.24, 2.45) is 11.7 Å². The van der Waals surface area contributed by atoms with Crippen molar-refractivity contribution in [2.75, 3.05) is 5.32 Å². The molecule has 7 heteroatoms. The maximum absolute atomic E-state index is 13.7. The predicted molar refractivity (Wildman–Crippen MR) is 80.9 cm³/mol. The van der Waals surface area contributed by atoms with Crippen LogP contribution in [0.2, 0.25) is 0 Å². The van der Waals surface area contributed by atoms with Gasteiger partial charge < -0.3 is 11.1 Å². The van der Waals surface area contributed by atoms with Crippen molar-refractivity contribution in [3.05, 3.63) is 46.7 Å². The molecule has 2 aromatic rings. The largest absolute Gasteiger partial charge is 0.369 e. The van der Waals surface area contributed by atoms with Crippen LogP contribution in [-0.2, 0) is 16.0 Å². The van der Waals surface area contributed by atoms with Gasteiger partial charge in [0.2, 0.25) is 11.8 Å². The van der Waals surface area contributed by atoms with Crippen molar-refractivity contribution in [3.63, 3.8) is 0 Å². The third kappa shape index (κ3) is 3.14. The fourth-order valence-electron chi connectivity index (χ4n) is 2.43. The number of hydrogen-bond donors (Lipinski definition) is 2. The van der Waals surface area contributed by atoms with Crippen molar-refractivity contribution in [2.45, 2.75) is 18.8 Å². The van der Waals surface area contributed by atoms with Gasteiger partial charge in [-0.05, 0) is 24.0 Å². The molecular formula is C15H14FN3O2S. The first kappa shape index (κ1) is 14.6. The maximum Gasteiger partial charge on any atom is 0.229 e. The molecule has 0 aliphatic heterocycles. The second kappa shape index (κ2) is 5.84. The van der Waals surface area contributed by atoms with Gasteiger partial charge in [0.05, 0.1) is 12.1 Å². The zero-order valence-corrected chi connectivity index (χ0v) is 12.4. The smallest absolute Gasteiger partial charge is 0.229 e. The Bertz CT molecular complexity index is 731. The van der Waals surface area contributed by atoms with Crippen LogP contribution >= 0.6 is 11.3 Å². The Kier molecular flexibility index (Phi) is 3.89. The molecule has 0 radical (unpaired) electrons. The summed E-state index contributed by atoms with van der Waals surface area (Å²) in [5, 5.41) is 4.82. The Balaban J connectivity index is 1.61. The van der Waals surface area contributed by atoms with Gasteiger partial charge in [-0.1, -0.05) is 18.2 Å². The van der Waals surface area contributed by atoms with Gasteiger partial charge in [0.25, 0.3) is 0 Å². The van der Waals surface area contributed by atoms with Crippen molar-refractivity contribution < 1.29 is 14.0 Å². The van der Waals surface area contributed by atoms with Gasteiger partial charge >= 0.3 is 0 Å². The van der Waals surface area contributed by atoms with E-state index in [2.05, 4.69) is 10.3 Å². The van der Waals surface area contributed by atoms with Gasteiger partial charge in [0, 0.05) is 11.3 Å². The molecule has 1 heterocycles. The molecule has 2 unspecified atom stereocenters. The van der Waals surface area contributed by atoms with E-state index < -0.39 is 5.91 Å². The summed E-state index contributed by atoms with van der Waals surface area (Å²) >= 11 is 1.24. The first-order valence-corrected chi connectivity index (χ1v) is 7.70. The summed E-state index contributed by atoms with van der Waals surface area (Å²) in [6, 6.07) is 6.51. The van der Waals surface area contributed by atoms with Crippen LogP contribution in [0.25, 0.3) is 0 Å². The molecule has 22 heavy (non-hydrogen) atoms. The van der Waals surface area contributed by atoms with E-state index in [4.69, 9.17) is 5.73 Å². The zero-order chi connectivity index (χ0) is 15.7. The molecule has 1 saturated carbocycles. The summed E-state index contributed by atoms with van der Waals surface area (Å²) in [4.78, 5) is 27.1. The maximum atomic E-state index is 13.7. The molecule has 1 aliphatic carbocycles. The minimum absolute atomic E-state index is 0.0493. The number of aromatic nitrogens is 1. The number of carbonyl (C=O) groups is 2. The highest BCUT2D eigenvalue weighted by atomic mass is 32.1. The number of nitrogens with two attached hydrogens (primary N) is 1. The fraction of sp³-hybridized carbons (Fsp3) is 0.267. The summed E-state index contributed by atoms with van der Waals surface area (Å²) in [6.45, 7) is 0. The number of rotatable bonds is 5. The molecule has 1 aromatic carbocycles. The number of thiazole rings is 1. The van der Waals surface area contributed by atoms with Crippen LogP contribution in [-0.4, -0.2) is 16.8 Å². The summed E-state index contributed by atoms with van der Waals surface area (Å²) in [5.41, 5.74) is 6.21. The Hall–Kier alpha value is -2.28. The van der Waals surface area contributed by atoms with Crippen LogP contribution in [0.1, 0.15) is 23.6 Å². The van der Waals surface area contributed by atoms with E-state index >= 15 is 0 Å². The third-order valence-corrected chi connectivity index (χ3v) is 4.38. The number of carbonyl (C=O) groups excluding carboxylic acids is 2. The van der Waals surface area contributed by atoms with Crippen LogP contribution in [0, 0.1) is 11.7 Å². The normalized spacial score (nSPS) is 19.7. The van der Waals surface area contributed by atoms with Crippen LogP contribution < -0.4 is 11.1 Å². The van der Waals surface area contributed by atoms with E-state index in [0.717, 1.165) is 0 Å². The zero-order valence-electron chi connectivity index (χ0n) is 11.6. The number of benzene rings is 1. The lowest BCUT2D eigenvalue weighted by Crippen LogP contribution is -2.16. The number of amides is 2.